The number of rotatable bonds is 5. The van der Waals surface area contributed by atoms with Gasteiger partial charge in [-0.3, -0.25) is 4.79 Å². The molecular weight excluding hydrogens is 431 g/mol. The summed E-state index contributed by atoms with van der Waals surface area (Å²) in [5, 5.41) is 2.73. The van der Waals surface area contributed by atoms with Crippen molar-refractivity contribution in [2.24, 2.45) is 0 Å². The minimum absolute atomic E-state index is 0.0154. The van der Waals surface area contributed by atoms with E-state index in [4.69, 9.17) is 5.73 Å². The van der Waals surface area contributed by atoms with E-state index in [9.17, 15) is 17.6 Å². The lowest BCUT2D eigenvalue weighted by atomic mass is 10.0. The smallest absolute Gasteiger partial charge is 0.255 e. The molecule has 0 bridgehead atoms. The number of anilines is 2. The summed E-state index contributed by atoms with van der Waals surface area (Å²) in [4.78, 5) is 20.1. The van der Waals surface area contributed by atoms with Crippen LogP contribution in [0.25, 0.3) is 11.1 Å². The third-order valence-corrected chi connectivity index (χ3v) is 6.48. The molecule has 4 aromatic rings. The van der Waals surface area contributed by atoms with Gasteiger partial charge in [-0.25, -0.2) is 22.8 Å². The first-order valence-electron chi connectivity index (χ1n) is 9.41. The van der Waals surface area contributed by atoms with Crippen LogP contribution in [0.2, 0.25) is 0 Å². The van der Waals surface area contributed by atoms with Crippen molar-refractivity contribution >= 4 is 27.1 Å². The number of nitrogen functional groups attached to an aromatic ring is 1. The predicted octanol–water partition coefficient (Wildman–Crippen LogP) is 3.95. The Morgan fingerprint density at radius 3 is 2.12 bits per heavy atom. The lowest BCUT2D eigenvalue weighted by molar-refractivity contribution is 0.102. The summed E-state index contributed by atoms with van der Waals surface area (Å²) >= 11 is 0. The number of halogens is 1. The van der Waals surface area contributed by atoms with Gasteiger partial charge in [-0.15, -0.1) is 0 Å². The second-order valence-electron chi connectivity index (χ2n) is 6.87. The van der Waals surface area contributed by atoms with Crippen LogP contribution < -0.4 is 11.1 Å². The average molecular weight is 448 g/mol. The van der Waals surface area contributed by atoms with Crippen LogP contribution in [0.5, 0.6) is 0 Å². The number of nitrogens with zero attached hydrogens (tertiary/aromatic N) is 2. The van der Waals surface area contributed by atoms with E-state index in [0.717, 1.165) is 11.1 Å². The Hall–Kier alpha value is -4.11. The van der Waals surface area contributed by atoms with Crippen LogP contribution in [0.3, 0.4) is 0 Å². The Morgan fingerprint density at radius 2 is 1.47 bits per heavy atom. The van der Waals surface area contributed by atoms with E-state index in [2.05, 4.69) is 15.3 Å². The fourth-order valence-electron chi connectivity index (χ4n) is 3.03. The number of aromatic nitrogens is 2. The Bertz CT molecular complexity index is 1380. The van der Waals surface area contributed by atoms with Gasteiger partial charge in [0.05, 0.1) is 16.3 Å². The standard InChI is InChI=1S/C23H17FN4O3S/c24-18-6-1-15(2-7-18)17-5-10-21(25)22(11-17)28-23(29)16-3-8-19(9-4-16)32(30,31)20-12-26-14-27-13-20/h1-14H,25H2,(H,28,29). The van der Waals surface area contributed by atoms with Gasteiger partial charge in [0.1, 0.15) is 17.0 Å². The maximum Gasteiger partial charge on any atom is 0.255 e. The highest BCUT2D eigenvalue weighted by Crippen LogP contribution is 2.28. The second kappa shape index (κ2) is 8.56. The number of carbonyl (C=O) groups excluding carboxylic acids is 1. The van der Waals surface area contributed by atoms with Crippen LogP contribution in [0.15, 0.2) is 95.2 Å². The largest absolute Gasteiger partial charge is 0.397 e. The molecule has 0 saturated heterocycles. The molecule has 3 N–H and O–H groups in total. The molecule has 3 aromatic carbocycles. The van der Waals surface area contributed by atoms with Crippen LogP contribution >= 0.6 is 0 Å². The second-order valence-corrected chi connectivity index (χ2v) is 8.81. The predicted molar refractivity (Wildman–Crippen MR) is 118 cm³/mol. The van der Waals surface area contributed by atoms with Gasteiger partial charge in [-0.05, 0) is 59.7 Å². The van der Waals surface area contributed by atoms with Crippen molar-refractivity contribution in [3.63, 3.8) is 0 Å². The quantitative estimate of drug-likeness (QED) is 0.447. The van der Waals surface area contributed by atoms with Gasteiger partial charge in [0.25, 0.3) is 5.91 Å². The van der Waals surface area contributed by atoms with Crippen molar-refractivity contribution in [3.05, 3.63) is 96.8 Å². The third kappa shape index (κ3) is 4.33. The summed E-state index contributed by atoms with van der Waals surface area (Å²) in [6.45, 7) is 0. The molecule has 0 radical (unpaired) electrons. The summed E-state index contributed by atoms with van der Waals surface area (Å²) in [6, 6.07) is 16.6. The van der Waals surface area contributed by atoms with Crippen molar-refractivity contribution in [1.82, 2.24) is 9.97 Å². The molecule has 0 atom stereocenters. The zero-order valence-corrected chi connectivity index (χ0v) is 17.4. The molecular formula is C23H17FN4O3S. The number of benzene rings is 3. The molecule has 0 spiro atoms. The van der Waals surface area contributed by atoms with E-state index in [0.29, 0.717) is 11.4 Å². The number of carbonyl (C=O) groups is 1. The SMILES string of the molecule is Nc1ccc(-c2ccc(F)cc2)cc1NC(=O)c1ccc(S(=O)(=O)c2cncnc2)cc1. The fraction of sp³-hybridized carbons (Fsp3) is 0. The Balaban J connectivity index is 1.56. The highest BCUT2D eigenvalue weighted by atomic mass is 32.2. The summed E-state index contributed by atoms with van der Waals surface area (Å²) in [6.07, 6.45) is 3.66. The number of amides is 1. The summed E-state index contributed by atoms with van der Waals surface area (Å²) in [7, 11) is -3.79. The van der Waals surface area contributed by atoms with Gasteiger partial charge in [0.2, 0.25) is 9.84 Å². The zero-order chi connectivity index (χ0) is 22.7. The Kier molecular flexibility index (Phi) is 5.65. The molecule has 0 aliphatic heterocycles. The highest BCUT2D eigenvalue weighted by Gasteiger charge is 2.19. The minimum Gasteiger partial charge on any atom is -0.397 e. The van der Waals surface area contributed by atoms with Crippen molar-refractivity contribution in [2.45, 2.75) is 9.79 Å². The third-order valence-electron chi connectivity index (χ3n) is 4.75. The molecule has 1 aromatic heterocycles. The Labute approximate surface area is 183 Å². The molecule has 0 saturated carbocycles. The minimum atomic E-state index is -3.79. The van der Waals surface area contributed by atoms with Gasteiger partial charge in [-0.2, -0.15) is 0 Å². The monoisotopic (exact) mass is 448 g/mol. The molecule has 7 nitrogen and oxygen atoms in total. The van der Waals surface area contributed by atoms with Gasteiger partial charge in [0.15, 0.2) is 0 Å². The number of sulfone groups is 1. The number of hydrogen-bond donors (Lipinski definition) is 2. The molecule has 160 valence electrons. The lowest BCUT2D eigenvalue weighted by Gasteiger charge is -2.11. The molecule has 4 rings (SSSR count). The van der Waals surface area contributed by atoms with E-state index >= 15 is 0 Å². The lowest BCUT2D eigenvalue weighted by Crippen LogP contribution is -2.13. The molecule has 0 aliphatic carbocycles. The Morgan fingerprint density at radius 1 is 0.844 bits per heavy atom. The first-order valence-corrected chi connectivity index (χ1v) is 10.9. The van der Waals surface area contributed by atoms with Gasteiger partial charge in [0, 0.05) is 18.0 Å². The molecule has 0 fully saturated rings. The van der Waals surface area contributed by atoms with Crippen molar-refractivity contribution in [1.29, 1.82) is 0 Å². The van der Waals surface area contributed by atoms with E-state index in [1.807, 2.05) is 0 Å². The van der Waals surface area contributed by atoms with Crippen molar-refractivity contribution in [2.75, 3.05) is 11.1 Å². The van der Waals surface area contributed by atoms with Gasteiger partial charge in [-0.1, -0.05) is 18.2 Å². The highest BCUT2D eigenvalue weighted by molar-refractivity contribution is 7.91. The summed E-state index contributed by atoms with van der Waals surface area (Å²) < 4.78 is 38.4. The fourth-order valence-corrected chi connectivity index (χ4v) is 4.19. The first kappa shape index (κ1) is 21.1. The van der Waals surface area contributed by atoms with Crippen LogP contribution in [-0.4, -0.2) is 24.3 Å². The average Bonchev–Trinajstić information content (AvgIpc) is 2.81. The van der Waals surface area contributed by atoms with Gasteiger partial charge >= 0.3 is 0 Å². The van der Waals surface area contributed by atoms with Crippen molar-refractivity contribution < 1.29 is 17.6 Å². The molecule has 0 unspecified atom stereocenters. The summed E-state index contributed by atoms with van der Waals surface area (Å²) in [5.41, 5.74) is 8.50. The molecule has 1 heterocycles. The van der Waals surface area contributed by atoms with E-state index in [1.54, 1.807) is 30.3 Å². The van der Waals surface area contributed by atoms with E-state index in [1.165, 1.54) is 55.1 Å². The molecule has 32 heavy (non-hydrogen) atoms. The van der Waals surface area contributed by atoms with Crippen molar-refractivity contribution in [3.8, 4) is 11.1 Å². The maximum atomic E-state index is 13.2. The number of nitrogens with one attached hydrogen (secondary N) is 1. The molecule has 0 aliphatic rings. The zero-order valence-electron chi connectivity index (χ0n) is 16.6. The van der Waals surface area contributed by atoms with Crippen LogP contribution in [-0.2, 0) is 9.84 Å². The van der Waals surface area contributed by atoms with E-state index < -0.39 is 15.7 Å². The van der Waals surface area contributed by atoms with Crippen LogP contribution in [0.1, 0.15) is 10.4 Å². The first-order chi connectivity index (χ1) is 15.3. The normalized spacial score (nSPS) is 11.2. The maximum absolute atomic E-state index is 13.2. The van der Waals surface area contributed by atoms with Gasteiger partial charge < -0.3 is 11.1 Å². The van der Waals surface area contributed by atoms with Crippen LogP contribution in [0, 0.1) is 5.82 Å². The topological polar surface area (TPSA) is 115 Å². The molecule has 1 amide bonds. The summed E-state index contributed by atoms with van der Waals surface area (Å²) in [5.74, 6) is -0.803. The van der Waals surface area contributed by atoms with E-state index in [-0.39, 0.29) is 21.2 Å². The number of hydrogen-bond acceptors (Lipinski definition) is 6. The molecule has 9 heteroatoms. The van der Waals surface area contributed by atoms with Crippen LogP contribution in [0.4, 0.5) is 15.8 Å². The number of nitrogens with two attached hydrogens (primary N) is 1.